The van der Waals surface area contributed by atoms with Gasteiger partial charge in [-0.05, 0) is 46.7 Å². The van der Waals surface area contributed by atoms with Gasteiger partial charge in [0.2, 0.25) is 0 Å². The van der Waals surface area contributed by atoms with Gasteiger partial charge in [-0.25, -0.2) is 0 Å². The molecule has 0 saturated heterocycles. The summed E-state index contributed by atoms with van der Waals surface area (Å²) in [5, 5.41) is 16.9. The zero-order chi connectivity index (χ0) is 11.4. The molecule has 0 fully saturated rings. The third-order valence-corrected chi connectivity index (χ3v) is 3.04. The Morgan fingerprint density at radius 1 is 1.25 bits per heavy atom. The molecule has 1 unspecified atom stereocenters. The fraction of sp³-hybridized carbons (Fsp3) is 0.167. The first-order chi connectivity index (χ1) is 7.75. The fourth-order valence-electron chi connectivity index (χ4n) is 1.40. The second-order valence-corrected chi connectivity index (χ2v) is 4.36. The summed E-state index contributed by atoms with van der Waals surface area (Å²) < 4.78 is 0. The van der Waals surface area contributed by atoms with Gasteiger partial charge < -0.3 is 16.2 Å². The molecular weight excluding hydrogens is 220 g/mol. The van der Waals surface area contributed by atoms with E-state index in [2.05, 4.69) is 5.32 Å². The number of aliphatic hydroxyl groups excluding tert-OH is 1. The Labute approximate surface area is 98.5 Å². The molecule has 3 nitrogen and oxygen atoms in total. The average molecular weight is 234 g/mol. The van der Waals surface area contributed by atoms with Crippen LogP contribution in [-0.4, -0.2) is 11.7 Å². The van der Waals surface area contributed by atoms with Gasteiger partial charge in [0, 0.05) is 17.9 Å². The van der Waals surface area contributed by atoms with Crippen LogP contribution in [0.15, 0.2) is 41.1 Å². The number of benzene rings is 1. The summed E-state index contributed by atoms with van der Waals surface area (Å²) in [5.41, 5.74) is 8.24. The Morgan fingerprint density at radius 2 is 2.00 bits per heavy atom. The standard InChI is InChI=1S/C12H14N2OS/c13-10-1-3-11(4-2-10)14-7-12(15)9-5-6-16-8-9/h1-6,8,12,14-15H,7,13H2. The molecule has 0 aliphatic rings. The predicted molar refractivity (Wildman–Crippen MR) is 68.6 cm³/mol. The van der Waals surface area contributed by atoms with Gasteiger partial charge in [-0.15, -0.1) is 0 Å². The Kier molecular flexibility index (Phi) is 3.44. The van der Waals surface area contributed by atoms with Gasteiger partial charge in [-0.2, -0.15) is 11.3 Å². The average Bonchev–Trinajstić information content (AvgIpc) is 2.81. The summed E-state index contributed by atoms with van der Waals surface area (Å²) >= 11 is 1.59. The molecule has 0 aliphatic carbocycles. The van der Waals surface area contributed by atoms with Crippen LogP contribution in [0.1, 0.15) is 11.7 Å². The van der Waals surface area contributed by atoms with E-state index in [4.69, 9.17) is 5.73 Å². The number of nitrogens with one attached hydrogen (secondary N) is 1. The number of nitrogen functional groups attached to an aromatic ring is 1. The van der Waals surface area contributed by atoms with Crippen molar-refractivity contribution in [3.8, 4) is 0 Å². The van der Waals surface area contributed by atoms with Crippen molar-refractivity contribution in [3.63, 3.8) is 0 Å². The quantitative estimate of drug-likeness (QED) is 0.712. The number of hydrogen-bond acceptors (Lipinski definition) is 4. The number of anilines is 2. The summed E-state index contributed by atoms with van der Waals surface area (Å²) in [6, 6.07) is 9.39. The molecule has 0 aliphatic heterocycles. The molecule has 4 heteroatoms. The lowest BCUT2D eigenvalue weighted by Crippen LogP contribution is -2.11. The zero-order valence-electron chi connectivity index (χ0n) is 8.76. The Hall–Kier alpha value is -1.52. The van der Waals surface area contributed by atoms with Crippen molar-refractivity contribution in [1.29, 1.82) is 0 Å². The van der Waals surface area contributed by atoms with E-state index in [1.165, 1.54) is 0 Å². The minimum absolute atomic E-state index is 0.469. The lowest BCUT2D eigenvalue weighted by molar-refractivity contribution is 0.192. The van der Waals surface area contributed by atoms with E-state index in [1.807, 2.05) is 41.1 Å². The fourth-order valence-corrected chi connectivity index (χ4v) is 2.11. The van der Waals surface area contributed by atoms with Crippen LogP contribution < -0.4 is 11.1 Å². The van der Waals surface area contributed by atoms with Gasteiger partial charge >= 0.3 is 0 Å². The summed E-state index contributed by atoms with van der Waals surface area (Å²) in [4.78, 5) is 0. The van der Waals surface area contributed by atoms with Crippen LogP contribution in [0.5, 0.6) is 0 Å². The molecule has 0 amide bonds. The summed E-state index contributed by atoms with van der Waals surface area (Å²) in [7, 11) is 0. The maximum atomic E-state index is 9.84. The van der Waals surface area contributed by atoms with Crippen molar-refractivity contribution in [3.05, 3.63) is 46.7 Å². The first-order valence-electron chi connectivity index (χ1n) is 5.05. The highest BCUT2D eigenvalue weighted by atomic mass is 32.1. The maximum absolute atomic E-state index is 9.84. The van der Waals surface area contributed by atoms with Crippen molar-refractivity contribution in [1.82, 2.24) is 0 Å². The predicted octanol–water partition coefficient (Wildman–Crippen LogP) is 2.48. The summed E-state index contributed by atoms with van der Waals surface area (Å²) in [6.07, 6.45) is -0.469. The SMILES string of the molecule is Nc1ccc(NCC(O)c2ccsc2)cc1. The highest BCUT2D eigenvalue weighted by Crippen LogP contribution is 2.17. The zero-order valence-corrected chi connectivity index (χ0v) is 9.58. The molecule has 0 saturated carbocycles. The smallest absolute Gasteiger partial charge is 0.0970 e. The summed E-state index contributed by atoms with van der Waals surface area (Å²) in [6.45, 7) is 0.501. The Morgan fingerprint density at radius 3 is 2.62 bits per heavy atom. The monoisotopic (exact) mass is 234 g/mol. The Balaban J connectivity index is 1.90. The van der Waals surface area contributed by atoms with E-state index in [-0.39, 0.29) is 0 Å². The van der Waals surface area contributed by atoms with Crippen LogP contribution in [0.2, 0.25) is 0 Å². The molecule has 0 radical (unpaired) electrons. The first kappa shape index (κ1) is 11.0. The normalized spacial score (nSPS) is 12.3. The van der Waals surface area contributed by atoms with Gasteiger partial charge in [-0.3, -0.25) is 0 Å². The van der Waals surface area contributed by atoms with Crippen molar-refractivity contribution in [2.45, 2.75) is 6.10 Å². The second kappa shape index (κ2) is 5.01. The molecule has 2 rings (SSSR count). The van der Waals surface area contributed by atoms with Gasteiger partial charge in [0.15, 0.2) is 0 Å². The van der Waals surface area contributed by atoms with Gasteiger partial charge in [0.05, 0.1) is 6.10 Å². The minimum Gasteiger partial charge on any atom is -0.399 e. The second-order valence-electron chi connectivity index (χ2n) is 3.58. The van der Waals surface area contributed by atoms with Crippen LogP contribution in [0.3, 0.4) is 0 Å². The summed E-state index contributed by atoms with van der Waals surface area (Å²) in [5.74, 6) is 0. The topological polar surface area (TPSA) is 58.3 Å². The van der Waals surface area contributed by atoms with E-state index in [1.54, 1.807) is 11.3 Å². The molecule has 0 bridgehead atoms. The molecular formula is C12H14N2OS. The van der Waals surface area contributed by atoms with Gasteiger partial charge in [-0.1, -0.05) is 0 Å². The van der Waals surface area contributed by atoms with Crippen molar-refractivity contribution >= 4 is 22.7 Å². The van der Waals surface area contributed by atoms with Gasteiger partial charge in [0.1, 0.15) is 0 Å². The molecule has 2 aromatic rings. The van der Waals surface area contributed by atoms with E-state index < -0.39 is 6.10 Å². The van der Waals surface area contributed by atoms with Crippen LogP contribution in [0, 0.1) is 0 Å². The van der Waals surface area contributed by atoms with E-state index in [0.29, 0.717) is 6.54 Å². The lowest BCUT2D eigenvalue weighted by atomic mass is 10.2. The Bertz CT molecular complexity index is 425. The number of aliphatic hydroxyl groups is 1. The van der Waals surface area contributed by atoms with Crippen molar-refractivity contribution in [2.75, 3.05) is 17.6 Å². The molecule has 4 N–H and O–H groups in total. The highest BCUT2D eigenvalue weighted by Gasteiger charge is 2.06. The molecule has 1 aromatic carbocycles. The molecule has 1 aromatic heterocycles. The maximum Gasteiger partial charge on any atom is 0.0970 e. The third kappa shape index (κ3) is 2.74. The number of thiophene rings is 1. The molecule has 1 atom stereocenters. The lowest BCUT2D eigenvalue weighted by Gasteiger charge is -2.11. The molecule has 16 heavy (non-hydrogen) atoms. The molecule has 0 spiro atoms. The van der Waals surface area contributed by atoms with Crippen LogP contribution in [0.4, 0.5) is 11.4 Å². The van der Waals surface area contributed by atoms with Crippen LogP contribution >= 0.6 is 11.3 Å². The van der Waals surface area contributed by atoms with Gasteiger partial charge in [0.25, 0.3) is 0 Å². The van der Waals surface area contributed by atoms with Crippen molar-refractivity contribution in [2.24, 2.45) is 0 Å². The van der Waals surface area contributed by atoms with E-state index >= 15 is 0 Å². The molecule has 84 valence electrons. The van der Waals surface area contributed by atoms with E-state index in [0.717, 1.165) is 16.9 Å². The number of nitrogens with two attached hydrogens (primary N) is 1. The molecule has 1 heterocycles. The van der Waals surface area contributed by atoms with Crippen LogP contribution in [0.25, 0.3) is 0 Å². The first-order valence-corrected chi connectivity index (χ1v) is 5.99. The largest absolute Gasteiger partial charge is 0.399 e. The third-order valence-electron chi connectivity index (χ3n) is 2.34. The van der Waals surface area contributed by atoms with Crippen LogP contribution in [-0.2, 0) is 0 Å². The minimum atomic E-state index is -0.469. The highest BCUT2D eigenvalue weighted by molar-refractivity contribution is 7.07. The van der Waals surface area contributed by atoms with Crippen molar-refractivity contribution < 1.29 is 5.11 Å². The van der Waals surface area contributed by atoms with E-state index in [9.17, 15) is 5.11 Å². The number of rotatable bonds is 4. The number of hydrogen-bond donors (Lipinski definition) is 3.